The number of benzene rings is 1. The maximum atomic E-state index is 12.4. The van der Waals surface area contributed by atoms with E-state index >= 15 is 0 Å². The summed E-state index contributed by atoms with van der Waals surface area (Å²) in [5, 5.41) is 2.80. The van der Waals surface area contributed by atoms with Gasteiger partial charge in [0.25, 0.3) is 5.91 Å². The number of piperidine rings is 1. The van der Waals surface area contributed by atoms with Gasteiger partial charge in [-0.25, -0.2) is 9.69 Å². The molecule has 0 spiro atoms. The second-order valence-corrected chi connectivity index (χ2v) is 7.65. The molecule has 0 radical (unpaired) electrons. The SMILES string of the molecule is CCC[C@@H]1NC(=O)N(CN2CCC(CCc3ccc(OC)cc3)CC2)C1=O. The van der Waals surface area contributed by atoms with E-state index in [9.17, 15) is 9.59 Å². The predicted molar refractivity (Wildman–Crippen MR) is 105 cm³/mol. The number of hydrogen-bond acceptors (Lipinski definition) is 4. The van der Waals surface area contributed by atoms with Gasteiger partial charge in [0.05, 0.1) is 13.8 Å². The summed E-state index contributed by atoms with van der Waals surface area (Å²) in [7, 11) is 1.69. The fourth-order valence-corrected chi connectivity index (χ4v) is 3.97. The van der Waals surface area contributed by atoms with Crippen molar-refractivity contribution >= 4 is 11.9 Å². The number of urea groups is 1. The first-order chi connectivity index (χ1) is 13.1. The van der Waals surface area contributed by atoms with Gasteiger partial charge in [-0.05, 0) is 55.7 Å². The summed E-state index contributed by atoms with van der Waals surface area (Å²) >= 11 is 0. The normalized spacial score (nSPS) is 21.6. The molecule has 1 atom stereocenters. The molecule has 27 heavy (non-hydrogen) atoms. The van der Waals surface area contributed by atoms with Gasteiger partial charge >= 0.3 is 6.03 Å². The van der Waals surface area contributed by atoms with Crippen LogP contribution in [0.1, 0.15) is 44.6 Å². The van der Waals surface area contributed by atoms with E-state index in [-0.39, 0.29) is 18.0 Å². The highest BCUT2D eigenvalue weighted by Gasteiger charge is 2.38. The smallest absolute Gasteiger partial charge is 0.325 e. The lowest BCUT2D eigenvalue weighted by atomic mass is 9.90. The molecule has 0 saturated carbocycles. The minimum absolute atomic E-state index is 0.0662. The Morgan fingerprint density at radius 1 is 1.11 bits per heavy atom. The minimum Gasteiger partial charge on any atom is -0.497 e. The van der Waals surface area contributed by atoms with Gasteiger partial charge < -0.3 is 10.1 Å². The van der Waals surface area contributed by atoms with E-state index in [0.717, 1.165) is 44.5 Å². The van der Waals surface area contributed by atoms with Crippen LogP contribution in [-0.2, 0) is 11.2 Å². The van der Waals surface area contributed by atoms with Crippen LogP contribution in [0.2, 0.25) is 0 Å². The molecule has 0 aliphatic carbocycles. The van der Waals surface area contributed by atoms with E-state index in [1.165, 1.54) is 16.9 Å². The predicted octanol–water partition coefficient (Wildman–Crippen LogP) is 3.02. The lowest BCUT2D eigenvalue weighted by molar-refractivity contribution is -0.129. The number of carbonyl (C=O) groups is 2. The number of hydrogen-bond donors (Lipinski definition) is 1. The second kappa shape index (κ2) is 9.22. The van der Waals surface area contributed by atoms with Crippen molar-refractivity contribution in [2.24, 2.45) is 5.92 Å². The van der Waals surface area contributed by atoms with Crippen molar-refractivity contribution in [3.05, 3.63) is 29.8 Å². The molecule has 2 aliphatic rings. The van der Waals surface area contributed by atoms with Crippen LogP contribution in [0.3, 0.4) is 0 Å². The molecule has 1 N–H and O–H groups in total. The Labute approximate surface area is 161 Å². The fraction of sp³-hybridized carbons (Fsp3) is 0.619. The molecule has 2 fully saturated rings. The molecule has 2 aliphatic heterocycles. The van der Waals surface area contributed by atoms with Crippen molar-refractivity contribution in [3.63, 3.8) is 0 Å². The molecular formula is C21H31N3O3. The Kier molecular flexibility index (Phi) is 6.72. The maximum absolute atomic E-state index is 12.4. The first-order valence-corrected chi connectivity index (χ1v) is 10.1. The fourth-order valence-electron chi connectivity index (χ4n) is 3.97. The summed E-state index contributed by atoms with van der Waals surface area (Å²) in [6, 6.07) is 7.74. The summed E-state index contributed by atoms with van der Waals surface area (Å²) < 4.78 is 5.20. The van der Waals surface area contributed by atoms with Crippen LogP contribution in [0.5, 0.6) is 5.75 Å². The molecule has 1 aromatic rings. The second-order valence-electron chi connectivity index (χ2n) is 7.65. The summed E-state index contributed by atoms with van der Waals surface area (Å²) in [6.45, 7) is 4.35. The van der Waals surface area contributed by atoms with Crippen LogP contribution in [0, 0.1) is 5.92 Å². The molecule has 0 bridgehead atoms. The lowest BCUT2D eigenvalue weighted by Gasteiger charge is -2.33. The molecular weight excluding hydrogens is 342 g/mol. The number of rotatable bonds is 8. The number of aryl methyl sites for hydroxylation is 1. The molecule has 0 unspecified atom stereocenters. The van der Waals surface area contributed by atoms with E-state index in [2.05, 4.69) is 22.3 Å². The number of likely N-dealkylation sites (tertiary alicyclic amines) is 1. The number of amides is 3. The Bertz CT molecular complexity index is 639. The van der Waals surface area contributed by atoms with Crippen LogP contribution in [0.15, 0.2) is 24.3 Å². The third-order valence-electron chi connectivity index (χ3n) is 5.73. The van der Waals surface area contributed by atoms with Crippen molar-refractivity contribution in [2.75, 3.05) is 26.9 Å². The summed E-state index contributed by atoms with van der Waals surface area (Å²) in [5.41, 5.74) is 1.35. The van der Waals surface area contributed by atoms with E-state index in [4.69, 9.17) is 4.74 Å². The lowest BCUT2D eigenvalue weighted by Crippen LogP contribution is -2.45. The van der Waals surface area contributed by atoms with Crippen LogP contribution in [0.4, 0.5) is 4.79 Å². The van der Waals surface area contributed by atoms with Gasteiger partial charge in [0.15, 0.2) is 0 Å². The van der Waals surface area contributed by atoms with Crippen molar-refractivity contribution in [3.8, 4) is 5.75 Å². The molecule has 6 nitrogen and oxygen atoms in total. The largest absolute Gasteiger partial charge is 0.497 e. The number of methoxy groups -OCH3 is 1. The van der Waals surface area contributed by atoms with Gasteiger partial charge in [-0.1, -0.05) is 25.5 Å². The number of nitrogens with zero attached hydrogens (tertiary/aromatic N) is 2. The highest BCUT2D eigenvalue weighted by atomic mass is 16.5. The molecule has 2 heterocycles. The van der Waals surface area contributed by atoms with Gasteiger partial charge in [0, 0.05) is 13.1 Å². The first-order valence-electron chi connectivity index (χ1n) is 10.1. The quantitative estimate of drug-likeness (QED) is 0.712. The summed E-state index contributed by atoms with van der Waals surface area (Å²) in [6.07, 6.45) is 6.12. The average molecular weight is 373 g/mol. The van der Waals surface area contributed by atoms with Crippen molar-refractivity contribution in [1.82, 2.24) is 15.1 Å². The van der Waals surface area contributed by atoms with Crippen LogP contribution < -0.4 is 10.1 Å². The number of carbonyl (C=O) groups excluding carboxylic acids is 2. The highest BCUT2D eigenvalue weighted by Crippen LogP contribution is 2.24. The zero-order chi connectivity index (χ0) is 19.2. The summed E-state index contributed by atoms with van der Waals surface area (Å²) in [4.78, 5) is 28.0. The van der Waals surface area contributed by atoms with Crippen LogP contribution in [0.25, 0.3) is 0 Å². The summed E-state index contributed by atoms with van der Waals surface area (Å²) in [5.74, 6) is 1.54. The third-order valence-corrected chi connectivity index (χ3v) is 5.73. The zero-order valence-corrected chi connectivity index (χ0v) is 16.4. The van der Waals surface area contributed by atoms with E-state index in [1.807, 2.05) is 19.1 Å². The molecule has 6 heteroatoms. The van der Waals surface area contributed by atoms with Crippen molar-refractivity contribution in [2.45, 2.75) is 51.5 Å². The highest BCUT2D eigenvalue weighted by molar-refractivity contribution is 6.04. The molecule has 1 aromatic carbocycles. The maximum Gasteiger partial charge on any atom is 0.325 e. The van der Waals surface area contributed by atoms with E-state index < -0.39 is 0 Å². The molecule has 3 rings (SSSR count). The first kappa shape index (κ1) is 19.7. The Balaban J connectivity index is 1.41. The van der Waals surface area contributed by atoms with Crippen LogP contribution >= 0.6 is 0 Å². The standard InChI is InChI=1S/C21H31N3O3/c1-3-4-19-20(25)24(21(26)22-19)15-23-13-11-17(12-14-23)6-5-16-7-9-18(27-2)10-8-16/h7-10,17,19H,3-6,11-15H2,1-2H3,(H,22,26)/t19-/m0/s1. The monoisotopic (exact) mass is 373 g/mol. The van der Waals surface area contributed by atoms with Gasteiger partial charge in [-0.3, -0.25) is 9.69 Å². The molecule has 148 valence electrons. The Morgan fingerprint density at radius 3 is 2.44 bits per heavy atom. The molecule has 2 saturated heterocycles. The molecule has 3 amide bonds. The van der Waals surface area contributed by atoms with Crippen molar-refractivity contribution < 1.29 is 14.3 Å². The minimum atomic E-state index is -0.329. The number of nitrogens with one attached hydrogen (secondary N) is 1. The zero-order valence-electron chi connectivity index (χ0n) is 16.4. The number of ether oxygens (including phenoxy) is 1. The van der Waals surface area contributed by atoms with E-state index in [0.29, 0.717) is 19.0 Å². The van der Waals surface area contributed by atoms with Gasteiger partial charge in [-0.2, -0.15) is 0 Å². The van der Waals surface area contributed by atoms with E-state index in [1.54, 1.807) is 7.11 Å². The topological polar surface area (TPSA) is 61.9 Å². The molecule has 0 aromatic heterocycles. The third kappa shape index (κ3) is 5.01. The van der Waals surface area contributed by atoms with Gasteiger partial charge in [0.2, 0.25) is 0 Å². The number of imide groups is 1. The Hall–Kier alpha value is -2.08. The average Bonchev–Trinajstić information content (AvgIpc) is 2.95. The van der Waals surface area contributed by atoms with Crippen molar-refractivity contribution in [1.29, 1.82) is 0 Å². The van der Waals surface area contributed by atoms with Gasteiger partial charge in [-0.15, -0.1) is 0 Å². The van der Waals surface area contributed by atoms with Crippen LogP contribution in [-0.4, -0.2) is 54.6 Å². The Morgan fingerprint density at radius 2 is 1.81 bits per heavy atom. The van der Waals surface area contributed by atoms with Gasteiger partial charge in [0.1, 0.15) is 11.8 Å².